The molecule has 6 aromatic carbocycles. The SMILES string of the molecule is COc1ccc(N(c2ccccc2)c2ccc(-c3ccc(N(c4ccccc4)c4ccc(O)cc4)cc3)cc2)cc1. The summed E-state index contributed by atoms with van der Waals surface area (Å²) in [6.45, 7) is 0. The summed E-state index contributed by atoms with van der Waals surface area (Å²) in [5, 5.41) is 9.82. The van der Waals surface area contributed by atoms with E-state index >= 15 is 0 Å². The van der Waals surface area contributed by atoms with Crippen LogP contribution >= 0.6 is 0 Å². The summed E-state index contributed by atoms with van der Waals surface area (Å²) < 4.78 is 5.37. The number of rotatable bonds is 8. The molecule has 0 aliphatic rings. The first kappa shape index (κ1) is 25.8. The third-order valence-corrected chi connectivity index (χ3v) is 7.05. The normalized spacial score (nSPS) is 10.7. The molecular weight excluding hydrogens is 504 g/mol. The largest absolute Gasteiger partial charge is 0.508 e. The smallest absolute Gasteiger partial charge is 0.119 e. The number of hydrogen-bond acceptors (Lipinski definition) is 4. The van der Waals surface area contributed by atoms with Crippen molar-refractivity contribution in [2.45, 2.75) is 0 Å². The van der Waals surface area contributed by atoms with Gasteiger partial charge in [-0.15, -0.1) is 0 Å². The van der Waals surface area contributed by atoms with Gasteiger partial charge in [0.25, 0.3) is 0 Å². The van der Waals surface area contributed by atoms with Gasteiger partial charge in [-0.2, -0.15) is 0 Å². The van der Waals surface area contributed by atoms with Crippen molar-refractivity contribution >= 4 is 34.1 Å². The second-order valence-electron chi connectivity index (χ2n) is 9.65. The van der Waals surface area contributed by atoms with Crippen LogP contribution in [0.25, 0.3) is 11.1 Å². The molecular formula is C37H30N2O2. The lowest BCUT2D eigenvalue weighted by atomic mass is 10.0. The Morgan fingerprint density at radius 1 is 0.390 bits per heavy atom. The van der Waals surface area contributed by atoms with E-state index in [1.165, 1.54) is 0 Å². The lowest BCUT2D eigenvalue weighted by molar-refractivity contribution is 0.415. The van der Waals surface area contributed by atoms with Gasteiger partial charge >= 0.3 is 0 Å². The Hall–Kier alpha value is -5.48. The minimum atomic E-state index is 0.248. The minimum Gasteiger partial charge on any atom is -0.508 e. The monoisotopic (exact) mass is 534 g/mol. The fraction of sp³-hybridized carbons (Fsp3) is 0.0270. The van der Waals surface area contributed by atoms with Crippen LogP contribution in [0.2, 0.25) is 0 Å². The van der Waals surface area contributed by atoms with Crippen molar-refractivity contribution in [3.8, 4) is 22.6 Å². The van der Waals surface area contributed by atoms with E-state index in [1.807, 2.05) is 48.5 Å². The van der Waals surface area contributed by atoms with Crippen molar-refractivity contribution in [3.63, 3.8) is 0 Å². The number of phenolic OH excluding ortho intramolecular Hbond substituents is 1. The van der Waals surface area contributed by atoms with E-state index in [1.54, 1.807) is 19.2 Å². The van der Waals surface area contributed by atoms with Gasteiger partial charge < -0.3 is 19.6 Å². The summed E-state index contributed by atoms with van der Waals surface area (Å²) in [5.41, 5.74) is 8.56. The van der Waals surface area contributed by atoms with Gasteiger partial charge in [0.1, 0.15) is 11.5 Å². The number of aromatic hydroxyl groups is 1. The predicted molar refractivity (Wildman–Crippen MR) is 169 cm³/mol. The molecule has 200 valence electrons. The molecule has 0 aromatic heterocycles. The average molecular weight is 535 g/mol. The zero-order valence-corrected chi connectivity index (χ0v) is 22.8. The molecule has 0 aliphatic heterocycles. The molecule has 0 fully saturated rings. The maximum absolute atomic E-state index is 9.82. The van der Waals surface area contributed by atoms with E-state index in [0.29, 0.717) is 0 Å². The molecule has 1 N–H and O–H groups in total. The molecule has 4 nitrogen and oxygen atoms in total. The molecule has 0 aliphatic carbocycles. The number of methoxy groups -OCH3 is 1. The average Bonchev–Trinajstić information content (AvgIpc) is 3.04. The van der Waals surface area contributed by atoms with Crippen molar-refractivity contribution < 1.29 is 9.84 Å². The van der Waals surface area contributed by atoms with Gasteiger partial charge in [-0.25, -0.2) is 0 Å². The second-order valence-corrected chi connectivity index (χ2v) is 9.65. The Kier molecular flexibility index (Phi) is 7.37. The second kappa shape index (κ2) is 11.7. The van der Waals surface area contributed by atoms with Crippen LogP contribution in [-0.2, 0) is 0 Å². The lowest BCUT2D eigenvalue weighted by Gasteiger charge is -2.26. The fourth-order valence-corrected chi connectivity index (χ4v) is 4.99. The number of hydrogen-bond donors (Lipinski definition) is 1. The molecule has 0 saturated carbocycles. The lowest BCUT2D eigenvalue weighted by Crippen LogP contribution is -2.09. The first-order chi connectivity index (χ1) is 20.2. The third kappa shape index (κ3) is 5.63. The van der Waals surface area contributed by atoms with Crippen LogP contribution in [0.3, 0.4) is 0 Å². The highest BCUT2D eigenvalue weighted by atomic mass is 16.5. The van der Waals surface area contributed by atoms with E-state index in [2.05, 4.69) is 107 Å². The number of benzene rings is 6. The fourth-order valence-electron chi connectivity index (χ4n) is 4.99. The highest BCUT2D eigenvalue weighted by Crippen LogP contribution is 2.38. The van der Waals surface area contributed by atoms with Crippen LogP contribution in [-0.4, -0.2) is 12.2 Å². The summed E-state index contributed by atoms with van der Waals surface area (Å²) in [4.78, 5) is 4.42. The Labute approximate surface area is 241 Å². The van der Waals surface area contributed by atoms with Crippen molar-refractivity contribution in [3.05, 3.63) is 158 Å². The maximum Gasteiger partial charge on any atom is 0.119 e. The summed E-state index contributed by atoms with van der Waals surface area (Å²) in [7, 11) is 1.68. The highest BCUT2D eigenvalue weighted by Gasteiger charge is 2.14. The first-order valence-corrected chi connectivity index (χ1v) is 13.5. The number of anilines is 6. The van der Waals surface area contributed by atoms with Crippen LogP contribution in [0.4, 0.5) is 34.1 Å². The van der Waals surface area contributed by atoms with Gasteiger partial charge in [0.15, 0.2) is 0 Å². The summed E-state index contributed by atoms with van der Waals surface area (Å²) in [6.07, 6.45) is 0. The molecule has 0 heterocycles. The molecule has 4 heteroatoms. The van der Waals surface area contributed by atoms with E-state index in [9.17, 15) is 5.11 Å². The Bertz CT molecular complexity index is 1680. The van der Waals surface area contributed by atoms with E-state index < -0.39 is 0 Å². The zero-order chi connectivity index (χ0) is 28.0. The van der Waals surface area contributed by atoms with Crippen LogP contribution in [0.15, 0.2) is 158 Å². The Morgan fingerprint density at radius 2 is 0.707 bits per heavy atom. The Morgan fingerprint density at radius 3 is 1.07 bits per heavy atom. The van der Waals surface area contributed by atoms with Crippen LogP contribution in [0.1, 0.15) is 0 Å². The molecule has 0 atom stereocenters. The molecule has 0 radical (unpaired) electrons. The number of nitrogens with zero attached hydrogens (tertiary/aromatic N) is 2. The van der Waals surface area contributed by atoms with Gasteiger partial charge in [0.2, 0.25) is 0 Å². The highest BCUT2D eigenvalue weighted by molar-refractivity contribution is 5.80. The van der Waals surface area contributed by atoms with E-state index in [0.717, 1.165) is 51.0 Å². The summed E-state index contributed by atoms with van der Waals surface area (Å²) >= 11 is 0. The molecule has 0 saturated heterocycles. The van der Waals surface area contributed by atoms with Crippen molar-refractivity contribution in [2.75, 3.05) is 16.9 Å². The van der Waals surface area contributed by atoms with Crippen LogP contribution in [0, 0.1) is 0 Å². The van der Waals surface area contributed by atoms with Crippen LogP contribution < -0.4 is 14.5 Å². The van der Waals surface area contributed by atoms with Gasteiger partial charge in [-0.05, 0) is 108 Å². The predicted octanol–water partition coefficient (Wildman–Crippen LogP) is 10.0. The number of para-hydroxylation sites is 2. The van der Waals surface area contributed by atoms with Crippen LogP contribution in [0.5, 0.6) is 11.5 Å². The van der Waals surface area contributed by atoms with E-state index in [-0.39, 0.29) is 5.75 Å². The molecule has 0 spiro atoms. The third-order valence-electron chi connectivity index (χ3n) is 7.05. The Balaban J connectivity index is 1.31. The minimum absolute atomic E-state index is 0.248. The maximum atomic E-state index is 9.82. The number of ether oxygens (including phenoxy) is 1. The van der Waals surface area contributed by atoms with Gasteiger partial charge in [0, 0.05) is 34.1 Å². The molecule has 0 unspecified atom stereocenters. The molecule has 41 heavy (non-hydrogen) atoms. The van der Waals surface area contributed by atoms with Crippen molar-refractivity contribution in [1.82, 2.24) is 0 Å². The molecule has 6 aromatic rings. The van der Waals surface area contributed by atoms with Crippen molar-refractivity contribution in [2.24, 2.45) is 0 Å². The first-order valence-electron chi connectivity index (χ1n) is 13.5. The molecule has 0 amide bonds. The molecule has 0 bridgehead atoms. The zero-order valence-electron chi connectivity index (χ0n) is 22.8. The quantitative estimate of drug-likeness (QED) is 0.211. The summed E-state index contributed by atoms with van der Waals surface area (Å²) in [6, 6.07) is 53.2. The van der Waals surface area contributed by atoms with Crippen molar-refractivity contribution in [1.29, 1.82) is 0 Å². The topological polar surface area (TPSA) is 35.9 Å². The van der Waals surface area contributed by atoms with E-state index in [4.69, 9.17) is 4.74 Å². The number of phenols is 1. The molecule has 6 rings (SSSR count). The van der Waals surface area contributed by atoms with Gasteiger partial charge in [-0.3, -0.25) is 0 Å². The van der Waals surface area contributed by atoms with Gasteiger partial charge in [0.05, 0.1) is 7.11 Å². The summed E-state index contributed by atoms with van der Waals surface area (Å²) in [5.74, 6) is 1.08. The standard InChI is InChI=1S/C37H30N2O2/c1-41-37-26-22-35(23-27-37)39(31-10-6-3-7-11-31)33-18-14-29(15-19-33)28-12-16-32(17-13-28)38(30-8-4-2-5-9-30)34-20-24-36(40)25-21-34/h2-27,40H,1H3. The van der Waals surface area contributed by atoms with Gasteiger partial charge in [-0.1, -0.05) is 60.7 Å².